The molecule has 2 aromatic rings. The third-order valence-electron chi connectivity index (χ3n) is 7.48. The second kappa shape index (κ2) is 9.82. The summed E-state index contributed by atoms with van der Waals surface area (Å²) in [5.74, 6) is 0.468. The Hall–Kier alpha value is -2.19. The molecule has 2 aliphatic rings. The number of halogens is 1. The van der Waals surface area contributed by atoms with Gasteiger partial charge in [-0.3, -0.25) is 4.90 Å². The highest BCUT2D eigenvalue weighted by atomic mass is 19.1. The Morgan fingerprint density at radius 3 is 2.38 bits per heavy atom. The van der Waals surface area contributed by atoms with E-state index in [1.807, 2.05) is 31.7 Å². The average Bonchev–Trinajstić information content (AvgIpc) is 2.79. The van der Waals surface area contributed by atoms with Crippen molar-refractivity contribution in [3.8, 4) is 5.75 Å². The Labute approximate surface area is 201 Å². The smallest absolute Gasteiger partial charge is 0.137 e. The molecular weight excluding hydrogens is 435 g/mol. The molecule has 186 valence electrons. The lowest BCUT2D eigenvalue weighted by molar-refractivity contribution is -0.149. The summed E-state index contributed by atoms with van der Waals surface area (Å²) in [7, 11) is 0. The zero-order valence-corrected chi connectivity index (χ0v) is 20.4. The normalized spacial score (nSPS) is 25.4. The molecule has 4 rings (SSSR count). The SMILES string of the molecule is Cc1cc(C)c(C)c(OC[C@@]2(O)CN(CC3(O)CCN(c4ccc(F)cc4)CC3)CC[C@@H]2O)c1. The van der Waals surface area contributed by atoms with Gasteiger partial charge in [-0.25, -0.2) is 4.39 Å². The van der Waals surface area contributed by atoms with Gasteiger partial charge < -0.3 is 25.0 Å². The Balaban J connectivity index is 1.36. The fourth-order valence-electron chi connectivity index (χ4n) is 5.18. The van der Waals surface area contributed by atoms with Gasteiger partial charge in [-0.15, -0.1) is 0 Å². The third kappa shape index (κ3) is 5.54. The van der Waals surface area contributed by atoms with Crippen LogP contribution in [-0.2, 0) is 0 Å². The first-order valence-electron chi connectivity index (χ1n) is 12.1. The van der Waals surface area contributed by atoms with Crippen molar-refractivity contribution in [1.29, 1.82) is 0 Å². The zero-order valence-electron chi connectivity index (χ0n) is 20.4. The highest BCUT2D eigenvalue weighted by Crippen LogP contribution is 2.31. The van der Waals surface area contributed by atoms with Crippen molar-refractivity contribution in [2.24, 2.45) is 0 Å². The second-order valence-corrected chi connectivity index (χ2v) is 10.3. The Kier molecular flexibility index (Phi) is 7.20. The molecule has 6 nitrogen and oxygen atoms in total. The van der Waals surface area contributed by atoms with Crippen molar-refractivity contribution in [2.75, 3.05) is 44.2 Å². The van der Waals surface area contributed by atoms with Crippen LogP contribution < -0.4 is 9.64 Å². The summed E-state index contributed by atoms with van der Waals surface area (Å²) in [5, 5.41) is 33.2. The summed E-state index contributed by atoms with van der Waals surface area (Å²) in [4.78, 5) is 4.20. The van der Waals surface area contributed by atoms with Crippen LogP contribution in [0.4, 0.5) is 10.1 Å². The molecule has 2 aromatic carbocycles. The summed E-state index contributed by atoms with van der Waals surface area (Å²) in [6.07, 6.45) is 0.703. The standard InChI is InChI=1S/C27H37FN2O4/c1-19-14-20(2)21(3)24(15-19)34-18-27(33)17-29(11-8-25(27)31)16-26(32)9-12-30(13-10-26)23-6-4-22(28)5-7-23/h4-7,14-15,25,31-33H,8-13,16-18H2,1-3H3/t25-,27-/m0/s1. The minimum Gasteiger partial charge on any atom is -0.490 e. The fourth-order valence-corrected chi connectivity index (χ4v) is 5.18. The zero-order chi connectivity index (χ0) is 24.5. The van der Waals surface area contributed by atoms with Crippen molar-refractivity contribution in [2.45, 2.75) is 57.3 Å². The van der Waals surface area contributed by atoms with Gasteiger partial charge in [-0.1, -0.05) is 6.07 Å². The number of anilines is 1. The van der Waals surface area contributed by atoms with Crippen LogP contribution >= 0.6 is 0 Å². The van der Waals surface area contributed by atoms with Crippen LogP contribution in [0.15, 0.2) is 36.4 Å². The maximum absolute atomic E-state index is 13.2. The molecule has 3 N–H and O–H groups in total. The van der Waals surface area contributed by atoms with Gasteiger partial charge in [0.15, 0.2) is 0 Å². The number of aryl methyl sites for hydroxylation is 2. The molecule has 0 bridgehead atoms. The molecular formula is C27H37FN2O4. The molecule has 2 fully saturated rings. The minimum absolute atomic E-state index is 0.00876. The molecule has 2 aliphatic heterocycles. The maximum Gasteiger partial charge on any atom is 0.137 e. The van der Waals surface area contributed by atoms with Crippen LogP contribution in [0.3, 0.4) is 0 Å². The number of aliphatic hydroxyl groups is 3. The lowest BCUT2D eigenvalue weighted by atomic mass is 9.86. The van der Waals surface area contributed by atoms with E-state index < -0.39 is 17.3 Å². The molecule has 2 heterocycles. The third-order valence-corrected chi connectivity index (χ3v) is 7.48. The highest BCUT2D eigenvalue weighted by molar-refractivity contribution is 5.47. The Morgan fingerprint density at radius 1 is 1.03 bits per heavy atom. The van der Waals surface area contributed by atoms with Crippen LogP contribution in [0, 0.1) is 26.6 Å². The largest absolute Gasteiger partial charge is 0.490 e. The van der Waals surface area contributed by atoms with Crippen LogP contribution in [0.2, 0.25) is 0 Å². The number of ether oxygens (including phenoxy) is 1. The van der Waals surface area contributed by atoms with E-state index in [9.17, 15) is 19.7 Å². The average molecular weight is 473 g/mol. The number of piperidine rings is 2. The highest BCUT2D eigenvalue weighted by Gasteiger charge is 2.44. The van der Waals surface area contributed by atoms with E-state index in [0.29, 0.717) is 45.4 Å². The summed E-state index contributed by atoms with van der Waals surface area (Å²) in [6, 6.07) is 10.5. The number of hydrogen-bond acceptors (Lipinski definition) is 6. The van der Waals surface area contributed by atoms with Crippen LogP contribution in [-0.4, -0.2) is 76.9 Å². The number of rotatable bonds is 6. The molecule has 34 heavy (non-hydrogen) atoms. The lowest BCUT2D eigenvalue weighted by Gasteiger charge is -2.46. The van der Waals surface area contributed by atoms with E-state index in [1.165, 1.54) is 12.1 Å². The first-order valence-corrected chi connectivity index (χ1v) is 12.1. The van der Waals surface area contributed by atoms with Crippen LogP contribution in [0.5, 0.6) is 5.75 Å². The Morgan fingerprint density at radius 2 is 1.71 bits per heavy atom. The van der Waals surface area contributed by atoms with Gasteiger partial charge in [0.25, 0.3) is 0 Å². The molecule has 0 saturated carbocycles. The van der Waals surface area contributed by atoms with Crippen molar-refractivity contribution in [3.05, 3.63) is 58.9 Å². The molecule has 0 amide bonds. The van der Waals surface area contributed by atoms with Crippen LogP contribution in [0.25, 0.3) is 0 Å². The summed E-state index contributed by atoms with van der Waals surface area (Å²) >= 11 is 0. The number of benzene rings is 2. The first-order chi connectivity index (χ1) is 16.1. The lowest BCUT2D eigenvalue weighted by Crippen LogP contribution is -2.62. The van der Waals surface area contributed by atoms with E-state index in [-0.39, 0.29) is 19.0 Å². The van der Waals surface area contributed by atoms with Gasteiger partial charge in [-0.05, 0) is 87.1 Å². The van der Waals surface area contributed by atoms with E-state index in [1.54, 1.807) is 12.1 Å². The quantitative estimate of drug-likeness (QED) is 0.600. The van der Waals surface area contributed by atoms with Crippen LogP contribution in [0.1, 0.15) is 36.0 Å². The van der Waals surface area contributed by atoms with Crippen molar-refractivity contribution in [3.63, 3.8) is 0 Å². The van der Waals surface area contributed by atoms with Gasteiger partial charge in [0.05, 0.1) is 11.7 Å². The first kappa shape index (κ1) is 24.9. The molecule has 0 radical (unpaired) electrons. The van der Waals surface area contributed by atoms with E-state index in [2.05, 4.69) is 11.0 Å². The van der Waals surface area contributed by atoms with E-state index in [4.69, 9.17) is 4.74 Å². The van der Waals surface area contributed by atoms with Gasteiger partial charge in [0.1, 0.15) is 23.8 Å². The molecule has 0 aliphatic carbocycles. The topological polar surface area (TPSA) is 76.4 Å². The number of likely N-dealkylation sites (tertiary alicyclic amines) is 1. The van der Waals surface area contributed by atoms with E-state index >= 15 is 0 Å². The summed E-state index contributed by atoms with van der Waals surface area (Å²) in [5.41, 5.74) is 1.92. The second-order valence-electron chi connectivity index (χ2n) is 10.3. The number of aliphatic hydroxyl groups excluding tert-OH is 1. The van der Waals surface area contributed by atoms with Crippen molar-refractivity contribution in [1.82, 2.24) is 4.90 Å². The Bertz CT molecular complexity index is 991. The van der Waals surface area contributed by atoms with Gasteiger partial charge in [0.2, 0.25) is 0 Å². The number of hydrogen-bond donors (Lipinski definition) is 3. The molecule has 0 spiro atoms. The van der Waals surface area contributed by atoms with Gasteiger partial charge in [0, 0.05) is 38.4 Å². The summed E-state index contributed by atoms with van der Waals surface area (Å²) in [6.45, 7) is 8.66. The summed E-state index contributed by atoms with van der Waals surface area (Å²) < 4.78 is 19.2. The molecule has 0 unspecified atom stereocenters. The molecule has 2 saturated heterocycles. The van der Waals surface area contributed by atoms with Crippen molar-refractivity contribution < 1.29 is 24.4 Å². The predicted molar refractivity (Wildman–Crippen MR) is 131 cm³/mol. The molecule has 7 heteroatoms. The van der Waals surface area contributed by atoms with Crippen molar-refractivity contribution >= 4 is 5.69 Å². The number of β-amino-alcohol motifs (C(OH)–C–C–N with tert-alkyl or cyclic N) is 2. The van der Waals surface area contributed by atoms with E-state index in [0.717, 1.165) is 28.1 Å². The molecule has 0 aromatic heterocycles. The van der Waals surface area contributed by atoms with Gasteiger partial charge in [-0.2, -0.15) is 0 Å². The fraction of sp³-hybridized carbons (Fsp3) is 0.556. The predicted octanol–water partition coefficient (Wildman–Crippen LogP) is 2.96. The maximum atomic E-state index is 13.2. The van der Waals surface area contributed by atoms with Gasteiger partial charge >= 0.3 is 0 Å². The number of nitrogens with zero attached hydrogens (tertiary/aromatic N) is 2. The minimum atomic E-state index is -1.41. The monoisotopic (exact) mass is 472 g/mol. The molecule has 2 atom stereocenters.